The first-order valence-electron chi connectivity index (χ1n) is 4.77. The molecule has 0 heteroatoms. The van der Waals surface area contributed by atoms with Crippen LogP contribution in [0, 0.1) is 0 Å². The van der Waals surface area contributed by atoms with Crippen molar-refractivity contribution < 1.29 is 0 Å². The van der Waals surface area contributed by atoms with Crippen molar-refractivity contribution in [1.29, 1.82) is 0 Å². The van der Waals surface area contributed by atoms with Crippen molar-refractivity contribution >= 4 is 0 Å². The summed E-state index contributed by atoms with van der Waals surface area (Å²) >= 11 is 0. The van der Waals surface area contributed by atoms with Crippen LogP contribution in [0.25, 0.3) is 0 Å². The second kappa shape index (κ2) is 6.90. The zero-order valence-electron chi connectivity index (χ0n) is 8.72. The molecule has 0 amide bonds. The molecule has 0 fully saturated rings. The van der Waals surface area contributed by atoms with Crippen molar-refractivity contribution in [3.05, 3.63) is 35.5 Å². The summed E-state index contributed by atoms with van der Waals surface area (Å²) in [5, 5.41) is 0. The maximum atomic E-state index is 2.21. The van der Waals surface area contributed by atoms with Crippen LogP contribution in [-0.4, -0.2) is 0 Å². The predicted octanol–water partition coefficient (Wildman–Crippen LogP) is 4.26. The average molecular weight is 164 g/mol. The first kappa shape index (κ1) is 11.2. The number of hydrogen-bond acceptors (Lipinski definition) is 0. The number of allylic oxidation sites excluding steroid dienone is 6. The van der Waals surface area contributed by atoms with Gasteiger partial charge in [0.05, 0.1) is 0 Å². The van der Waals surface area contributed by atoms with Crippen LogP contribution in [0.2, 0.25) is 0 Å². The summed E-state index contributed by atoms with van der Waals surface area (Å²) in [5.74, 6) is 0. The SMILES string of the molecule is C\C=C/C(CC)=C(\C=C/C)CC. The molecular weight excluding hydrogens is 144 g/mol. The van der Waals surface area contributed by atoms with E-state index in [1.54, 1.807) is 0 Å². The lowest BCUT2D eigenvalue weighted by Crippen LogP contribution is -1.83. The van der Waals surface area contributed by atoms with Gasteiger partial charge in [0.2, 0.25) is 0 Å². The molecule has 0 radical (unpaired) electrons. The van der Waals surface area contributed by atoms with E-state index < -0.39 is 0 Å². The van der Waals surface area contributed by atoms with Crippen LogP contribution in [-0.2, 0) is 0 Å². The van der Waals surface area contributed by atoms with Crippen LogP contribution in [0.1, 0.15) is 40.5 Å². The fraction of sp³-hybridized carbons (Fsp3) is 0.500. The molecule has 0 unspecified atom stereocenters. The first-order chi connectivity index (χ1) is 5.79. The van der Waals surface area contributed by atoms with E-state index in [1.165, 1.54) is 11.1 Å². The molecule has 0 saturated heterocycles. The molecule has 0 heterocycles. The van der Waals surface area contributed by atoms with Crippen molar-refractivity contribution in [2.45, 2.75) is 40.5 Å². The van der Waals surface area contributed by atoms with Crippen molar-refractivity contribution in [3.8, 4) is 0 Å². The molecule has 0 aromatic carbocycles. The van der Waals surface area contributed by atoms with Crippen LogP contribution in [0.15, 0.2) is 35.5 Å². The zero-order chi connectivity index (χ0) is 9.40. The van der Waals surface area contributed by atoms with Crippen LogP contribution in [0.5, 0.6) is 0 Å². The second-order valence-electron chi connectivity index (χ2n) is 2.76. The van der Waals surface area contributed by atoms with Gasteiger partial charge in [-0.3, -0.25) is 0 Å². The molecule has 0 saturated carbocycles. The average Bonchev–Trinajstić information content (AvgIpc) is 2.11. The third-order valence-corrected chi connectivity index (χ3v) is 1.91. The van der Waals surface area contributed by atoms with E-state index in [9.17, 15) is 0 Å². The Hall–Kier alpha value is -0.780. The maximum Gasteiger partial charge on any atom is -0.0305 e. The van der Waals surface area contributed by atoms with E-state index in [0.29, 0.717) is 0 Å². The van der Waals surface area contributed by atoms with E-state index in [4.69, 9.17) is 0 Å². The summed E-state index contributed by atoms with van der Waals surface area (Å²) < 4.78 is 0. The minimum atomic E-state index is 1.12. The quantitative estimate of drug-likeness (QED) is 0.545. The zero-order valence-corrected chi connectivity index (χ0v) is 8.72. The van der Waals surface area contributed by atoms with Gasteiger partial charge in [0.1, 0.15) is 0 Å². The van der Waals surface area contributed by atoms with Crippen molar-refractivity contribution in [2.75, 3.05) is 0 Å². The Balaban J connectivity index is 4.73. The monoisotopic (exact) mass is 164 g/mol. The smallest absolute Gasteiger partial charge is 0.0305 e. The normalized spacial score (nSPS) is 14.3. The Kier molecular flexibility index (Phi) is 6.45. The Morgan fingerprint density at radius 2 is 1.17 bits per heavy atom. The van der Waals surface area contributed by atoms with Crippen LogP contribution in [0.3, 0.4) is 0 Å². The molecule has 12 heavy (non-hydrogen) atoms. The fourth-order valence-corrected chi connectivity index (χ4v) is 1.31. The molecule has 0 rings (SSSR count). The summed E-state index contributed by atoms with van der Waals surface area (Å²) in [6, 6.07) is 0. The van der Waals surface area contributed by atoms with Gasteiger partial charge in [-0.1, -0.05) is 38.2 Å². The first-order valence-corrected chi connectivity index (χ1v) is 4.77. The second-order valence-corrected chi connectivity index (χ2v) is 2.76. The number of hydrogen-bond donors (Lipinski definition) is 0. The van der Waals surface area contributed by atoms with Gasteiger partial charge in [-0.2, -0.15) is 0 Å². The maximum absolute atomic E-state index is 2.21. The van der Waals surface area contributed by atoms with E-state index in [1.807, 2.05) is 0 Å². The molecule has 0 aliphatic heterocycles. The van der Waals surface area contributed by atoms with Gasteiger partial charge in [-0.05, 0) is 37.8 Å². The molecule has 0 spiro atoms. The lowest BCUT2D eigenvalue weighted by Gasteiger charge is -2.03. The van der Waals surface area contributed by atoms with Crippen LogP contribution < -0.4 is 0 Å². The molecule has 0 nitrogen and oxygen atoms in total. The Labute approximate surface area is 76.7 Å². The van der Waals surface area contributed by atoms with Crippen LogP contribution in [0.4, 0.5) is 0 Å². The van der Waals surface area contributed by atoms with Gasteiger partial charge in [0.25, 0.3) is 0 Å². The minimum absolute atomic E-state index is 1.12. The minimum Gasteiger partial charge on any atom is -0.0874 e. The Morgan fingerprint density at radius 3 is 1.33 bits per heavy atom. The van der Waals surface area contributed by atoms with Gasteiger partial charge in [0, 0.05) is 0 Å². The van der Waals surface area contributed by atoms with Gasteiger partial charge < -0.3 is 0 Å². The Morgan fingerprint density at radius 1 is 0.833 bits per heavy atom. The lowest BCUT2D eigenvalue weighted by atomic mass is 10.0. The van der Waals surface area contributed by atoms with Gasteiger partial charge in [-0.25, -0.2) is 0 Å². The molecule has 0 aliphatic rings. The molecular formula is C12H20. The van der Waals surface area contributed by atoms with Gasteiger partial charge in [0.15, 0.2) is 0 Å². The summed E-state index contributed by atoms with van der Waals surface area (Å²) in [4.78, 5) is 0. The van der Waals surface area contributed by atoms with Gasteiger partial charge >= 0.3 is 0 Å². The standard InChI is InChI=1S/C12H20/c1-5-9-11(7-3)12(8-4)10-6-2/h5-6,9-10H,7-8H2,1-4H3/b9-5-,10-6-,12-11-. The van der Waals surface area contributed by atoms with Crippen molar-refractivity contribution in [2.24, 2.45) is 0 Å². The summed E-state index contributed by atoms with van der Waals surface area (Å²) in [5.41, 5.74) is 2.91. The largest absolute Gasteiger partial charge is 0.0874 e. The predicted molar refractivity (Wildman–Crippen MR) is 57.2 cm³/mol. The fourth-order valence-electron chi connectivity index (χ4n) is 1.31. The third kappa shape index (κ3) is 3.56. The molecule has 0 aromatic heterocycles. The molecule has 0 aliphatic carbocycles. The van der Waals surface area contributed by atoms with Crippen molar-refractivity contribution in [3.63, 3.8) is 0 Å². The highest BCUT2D eigenvalue weighted by Crippen LogP contribution is 2.14. The molecule has 0 bridgehead atoms. The lowest BCUT2D eigenvalue weighted by molar-refractivity contribution is 1.05. The highest BCUT2D eigenvalue weighted by molar-refractivity contribution is 5.32. The summed E-state index contributed by atoms with van der Waals surface area (Å²) in [6.07, 6.45) is 10.9. The van der Waals surface area contributed by atoms with Crippen LogP contribution >= 0.6 is 0 Å². The summed E-state index contributed by atoms with van der Waals surface area (Å²) in [7, 11) is 0. The van der Waals surface area contributed by atoms with E-state index in [0.717, 1.165) is 12.8 Å². The molecule has 0 N–H and O–H groups in total. The van der Waals surface area contributed by atoms with Crippen molar-refractivity contribution in [1.82, 2.24) is 0 Å². The summed E-state index contributed by atoms with van der Waals surface area (Å²) in [6.45, 7) is 8.54. The van der Waals surface area contributed by atoms with E-state index >= 15 is 0 Å². The highest BCUT2D eigenvalue weighted by Gasteiger charge is 1.95. The van der Waals surface area contributed by atoms with E-state index in [-0.39, 0.29) is 0 Å². The number of rotatable bonds is 4. The Bertz CT molecular complexity index is 170. The molecule has 0 atom stereocenters. The highest BCUT2D eigenvalue weighted by atomic mass is 14.0. The third-order valence-electron chi connectivity index (χ3n) is 1.91. The molecule has 0 aromatic rings. The van der Waals surface area contributed by atoms with Gasteiger partial charge in [-0.15, -0.1) is 0 Å². The molecule has 68 valence electrons. The van der Waals surface area contributed by atoms with E-state index in [2.05, 4.69) is 52.0 Å². The topological polar surface area (TPSA) is 0 Å².